The second-order valence-corrected chi connectivity index (χ2v) is 7.60. The molecule has 4 rings (SSSR count). The molecule has 11 nitrogen and oxygen atoms in total. The van der Waals surface area contributed by atoms with E-state index in [-0.39, 0.29) is 31.9 Å². The molecule has 0 bridgehead atoms. The molecule has 0 radical (unpaired) electrons. The lowest BCUT2D eigenvalue weighted by atomic mass is 10.1. The summed E-state index contributed by atoms with van der Waals surface area (Å²) in [7, 11) is 0. The molecule has 31 heavy (non-hydrogen) atoms. The average molecular weight is 429 g/mol. The minimum atomic E-state index is -0.935. The van der Waals surface area contributed by atoms with Crippen LogP contribution in [0.2, 0.25) is 0 Å². The highest BCUT2D eigenvalue weighted by Gasteiger charge is 2.44. The molecule has 0 saturated carbocycles. The number of fused-ring (bicyclic) bond motifs is 1. The van der Waals surface area contributed by atoms with Crippen LogP contribution in [0.3, 0.4) is 0 Å². The van der Waals surface area contributed by atoms with Gasteiger partial charge in [-0.1, -0.05) is 18.2 Å². The van der Waals surface area contributed by atoms with E-state index in [0.717, 1.165) is 10.0 Å². The summed E-state index contributed by atoms with van der Waals surface area (Å²) in [5.74, 6) is -1.66. The Morgan fingerprint density at radius 2 is 1.84 bits per heavy atom. The number of urea groups is 1. The van der Waals surface area contributed by atoms with Gasteiger partial charge in [0.05, 0.1) is 19.0 Å². The summed E-state index contributed by atoms with van der Waals surface area (Å²) in [6, 6.07) is 6.32. The summed E-state index contributed by atoms with van der Waals surface area (Å²) in [6.45, 7) is 0.371. The number of amides is 5. The number of nitrogens with zero attached hydrogens (tertiary/aromatic N) is 3. The summed E-state index contributed by atoms with van der Waals surface area (Å²) in [4.78, 5) is 62.7. The summed E-state index contributed by atoms with van der Waals surface area (Å²) in [6.07, 6.45) is 0.971. The molecule has 164 valence electrons. The van der Waals surface area contributed by atoms with Crippen LogP contribution in [0, 0.1) is 0 Å². The van der Waals surface area contributed by atoms with Crippen LogP contribution >= 0.6 is 0 Å². The lowest BCUT2D eigenvalue weighted by Crippen LogP contribution is -2.64. The third-order valence-corrected chi connectivity index (χ3v) is 5.45. The predicted molar refractivity (Wildman–Crippen MR) is 105 cm³/mol. The Bertz CT molecular complexity index is 907. The highest BCUT2D eigenvalue weighted by Crippen LogP contribution is 2.24. The van der Waals surface area contributed by atoms with Gasteiger partial charge in [0.1, 0.15) is 12.6 Å². The van der Waals surface area contributed by atoms with E-state index in [2.05, 4.69) is 10.7 Å². The van der Waals surface area contributed by atoms with E-state index in [1.165, 1.54) is 5.01 Å². The van der Waals surface area contributed by atoms with Crippen LogP contribution in [0.5, 0.6) is 0 Å². The van der Waals surface area contributed by atoms with E-state index in [1.807, 2.05) is 0 Å². The number of benzene rings is 1. The Morgan fingerprint density at radius 3 is 2.55 bits per heavy atom. The maximum Gasteiger partial charge on any atom is 0.358 e. The van der Waals surface area contributed by atoms with Crippen LogP contribution < -0.4 is 10.7 Å². The number of hydrogen-bond acceptors (Lipinski definition) is 6. The Hall–Kier alpha value is -3.63. The van der Waals surface area contributed by atoms with Crippen molar-refractivity contribution in [3.05, 3.63) is 35.9 Å². The van der Waals surface area contributed by atoms with Crippen LogP contribution in [0.4, 0.5) is 4.79 Å². The normalized spacial score (nSPS) is 23.7. The Labute approximate surface area is 178 Å². The summed E-state index contributed by atoms with van der Waals surface area (Å²) in [5.41, 5.74) is 2.91. The van der Waals surface area contributed by atoms with Crippen LogP contribution in [0.15, 0.2) is 30.3 Å². The molecular formula is C20H23N5O6. The van der Waals surface area contributed by atoms with Crippen molar-refractivity contribution < 1.29 is 28.7 Å². The first-order chi connectivity index (χ1) is 14.9. The van der Waals surface area contributed by atoms with Gasteiger partial charge in [-0.3, -0.25) is 24.6 Å². The fourth-order valence-corrected chi connectivity index (χ4v) is 3.90. The fraction of sp³-hybridized carbons (Fsp3) is 0.450. The van der Waals surface area contributed by atoms with Crippen molar-refractivity contribution >= 4 is 29.7 Å². The standard InChI is InChI=1S/C20H23N5O6/c26-16-8-10-23(22-18(28)13-5-2-1-3-6-13)20(30)25-15(7-4-9-24(16)25)19(29)21-14-11-17(27)31-12-14/h1-3,5-6,14-15H,4,7-12H2,(H,21,29)(H,22,28)/t14-,15-/m0/s1. The zero-order valence-corrected chi connectivity index (χ0v) is 16.8. The van der Waals surface area contributed by atoms with Crippen LogP contribution in [-0.2, 0) is 19.1 Å². The topological polar surface area (TPSA) is 128 Å². The number of hydrazine groups is 2. The minimum absolute atomic E-state index is 0.0105. The third-order valence-electron chi connectivity index (χ3n) is 5.45. The third kappa shape index (κ3) is 4.30. The van der Waals surface area contributed by atoms with E-state index in [4.69, 9.17) is 4.74 Å². The van der Waals surface area contributed by atoms with E-state index in [1.54, 1.807) is 30.3 Å². The van der Waals surface area contributed by atoms with Crippen molar-refractivity contribution in [2.75, 3.05) is 19.7 Å². The first kappa shape index (κ1) is 20.6. The highest BCUT2D eigenvalue weighted by atomic mass is 16.5. The Balaban J connectivity index is 1.52. The number of carbonyl (C=O) groups is 5. The van der Waals surface area contributed by atoms with E-state index >= 15 is 0 Å². The van der Waals surface area contributed by atoms with Crippen LogP contribution in [-0.4, -0.2) is 76.5 Å². The maximum atomic E-state index is 13.3. The lowest BCUT2D eigenvalue weighted by Gasteiger charge is -2.42. The summed E-state index contributed by atoms with van der Waals surface area (Å²) < 4.78 is 4.87. The van der Waals surface area contributed by atoms with Crippen LogP contribution in [0.25, 0.3) is 0 Å². The minimum Gasteiger partial charge on any atom is -0.463 e. The molecule has 3 heterocycles. The Kier molecular flexibility index (Phi) is 5.74. The van der Waals surface area contributed by atoms with Gasteiger partial charge in [0.25, 0.3) is 5.91 Å². The highest BCUT2D eigenvalue weighted by molar-refractivity contribution is 5.96. The van der Waals surface area contributed by atoms with E-state index in [9.17, 15) is 24.0 Å². The van der Waals surface area contributed by atoms with Gasteiger partial charge in [-0.05, 0) is 25.0 Å². The van der Waals surface area contributed by atoms with Gasteiger partial charge in [-0.15, -0.1) is 0 Å². The lowest BCUT2D eigenvalue weighted by molar-refractivity contribution is -0.155. The van der Waals surface area contributed by atoms with Crippen molar-refractivity contribution in [2.45, 2.75) is 37.8 Å². The monoisotopic (exact) mass is 429 g/mol. The van der Waals surface area contributed by atoms with Gasteiger partial charge in [-0.25, -0.2) is 19.8 Å². The summed E-state index contributed by atoms with van der Waals surface area (Å²) in [5, 5.41) is 6.20. The number of hydrogen-bond donors (Lipinski definition) is 2. The molecule has 3 aliphatic rings. The Morgan fingerprint density at radius 1 is 1.06 bits per heavy atom. The zero-order valence-electron chi connectivity index (χ0n) is 16.8. The number of ether oxygens (including phenoxy) is 1. The van der Waals surface area contributed by atoms with Gasteiger partial charge in [0, 0.05) is 18.5 Å². The molecule has 0 unspecified atom stereocenters. The first-order valence-electron chi connectivity index (χ1n) is 10.2. The largest absolute Gasteiger partial charge is 0.463 e. The van der Waals surface area contributed by atoms with Gasteiger partial charge in [0.2, 0.25) is 11.8 Å². The molecule has 5 amide bonds. The molecule has 3 fully saturated rings. The second kappa shape index (κ2) is 8.62. The molecule has 0 spiro atoms. The molecule has 3 saturated heterocycles. The molecule has 2 atom stereocenters. The first-order valence-corrected chi connectivity index (χ1v) is 10.2. The SMILES string of the molecule is O=C1C[C@H](NC(=O)[C@@H]2CCCN3C(=O)CCN(NC(=O)c4ccccc4)C(=O)N23)CO1. The predicted octanol–water partition coefficient (Wildman–Crippen LogP) is -0.203. The number of nitrogens with one attached hydrogen (secondary N) is 2. The smallest absolute Gasteiger partial charge is 0.358 e. The fourth-order valence-electron chi connectivity index (χ4n) is 3.90. The van der Waals surface area contributed by atoms with Gasteiger partial charge in [0.15, 0.2) is 0 Å². The van der Waals surface area contributed by atoms with Gasteiger partial charge in [-0.2, -0.15) is 0 Å². The molecule has 0 aliphatic carbocycles. The number of rotatable bonds is 4. The van der Waals surface area contributed by atoms with Crippen LogP contribution in [0.1, 0.15) is 36.0 Å². The molecule has 1 aromatic rings. The van der Waals surface area contributed by atoms with E-state index < -0.39 is 35.9 Å². The quantitative estimate of drug-likeness (QED) is 0.638. The molecule has 2 N–H and O–H groups in total. The number of esters is 1. The maximum absolute atomic E-state index is 13.3. The molecule has 0 aromatic heterocycles. The van der Waals surface area contributed by atoms with Crippen molar-refractivity contribution in [1.29, 1.82) is 0 Å². The van der Waals surface area contributed by atoms with Crippen molar-refractivity contribution in [3.63, 3.8) is 0 Å². The molecule has 3 aliphatic heterocycles. The van der Waals surface area contributed by atoms with Crippen molar-refractivity contribution in [3.8, 4) is 0 Å². The molecule has 11 heteroatoms. The van der Waals surface area contributed by atoms with Gasteiger partial charge >= 0.3 is 12.0 Å². The second-order valence-electron chi connectivity index (χ2n) is 7.60. The van der Waals surface area contributed by atoms with Gasteiger partial charge < -0.3 is 10.1 Å². The molecule has 1 aromatic carbocycles. The average Bonchev–Trinajstić information content (AvgIpc) is 3.15. The van der Waals surface area contributed by atoms with Crippen molar-refractivity contribution in [2.24, 2.45) is 0 Å². The van der Waals surface area contributed by atoms with Crippen molar-refractivity contribution in [1.82, 2.24) is 25.8 Å². The summed E-state index contributed by atoms with van der Waals surface area (Å²) >= 11 is 0. The zero-order chi connectivity index (χ0) is 22.0. The van der Waals surface area contributed by atoms with E-state index in [0.29, 0.717) is 24.9 Å². The number of carbonyl (C=O) groups excluding carboxylic acids is 5. The number of cyclic esters (lactones) is 1. The molecular weight excluding hydrogens is 406 g/mol.